The first-order chi connectivity index (χ1) is 8.52. The highest BCUT2D eigenvalue weighted by Crippen LogP contribution is 2.16. The van der Waals surface area contributed by atoms with Gasteiger partial charge in [0.15, 0.2) is 0 Å². The zero-order valence-corrected chi connectivity index (χ0v) is 12.0. The lowest BCUT2D eigenvalue weighted by Crippen LogP contribution is -2.33. The highest BCUT2D eigenvalue weighted by molar-refractivity contribution is 9.10. The minimum absolute atomic E-state index is 0.0577. The van der Waals surface area contributed by atoms with E-state index in [9.17, 15) is 9.59 Å². The van der Waals surface area contributed by atoms with E-state index in [1.807, 2.05) is 24.3 Å². The Morgan fingerprint density at radius 1 is 1.33 bits per heavy atom. The Labute approximate surface area is 115 Å². The molecular weight excluding hydrogens is 298 g/mol. The number of Topliss-reactive ketones (excluding diaryl/α,β-unsaturated/α-hetero) is 1. The topological polar surface area (TPSA) is 55.4 Å². The molecule has 1 N–H and O–H groups in total. The molecule has 0 saturated carbocycles. The van der Waals surface area contributed by atoms with E-state index in [0.717, 1.165) is 10.2 Å². The van der Waals surface area contributed by atoms with Gasteiger partial charge in [-0.1, -0.05) is 15.9 Å². The SMILES string of the molecule is CCOC(=O)C(CC(C)=O)Nc1ccc(Br)cc1. The van der Waals surface area contributed by atoms with Crippen LogP contribution in [-0.4, -0.2) is 24.4 Å². The molecule has 98 valence electrons. The molecule has 4 nitrogen and oxygen atoms in total. The van der Waals surface area contributed by atoms with Crippen LogP contribution < -0.4 is 5.32 Å². The molecule has 1 unspecified atom stereocenters. The molecule has 0 saturated heterocycles. The van der Waals surface area contributed by atoms with Crippen LogP contribution in [0.3, 0.4) is 0 Å². The molecule has 5 heteroatoms. The number of carbonyl (C=O) groups is 2. The van der Waals surface area contributed by atoms with Gasteiger partial charge in [0.25, 0.3) is 0 Å². The van der Waals surface area contributed by atoms with Crippen molar-refractivity contribution in [3.63, 3.8) is 0 Å². The van der Waals surface area contributed by atoms with Crippen molar-refractivity contribution >= 4 is 33.4 Å². The smallest absolute Gasteiger partial charge is 0.329 e. The average molecular weight is 314 g/mol. The van der Waals surface area contributed by atoms with Gasteiger partial charge in [-0.3, -0.25) is 4.79 Å². The molecule has 0 heterocycles. The van der Waals surface area contributed by atoms with Gasteiger partial charge in [0.1, 0.15) is 11.8 Å². The van der Waals surface area contributed by atoms with E-state index in [4.69, 9.17) is 4.74 Å². The van der Waals surface area contributed by atoms with Crippen molar-refractivity contribution < 1.29 is 14.3 Å². The summed E-state index contributed by atoms with van der Waals surface area (Å²) in [4.78, 5) is 22.9. The highest BCUT2D eigenvalue weighted by atomic mass is 79.9. The van der Waals surface area contributed by atoms with Crippen LogP contribution in [-0.2, 0) is 14.3 Å². The maximum atomic E-state index is 11.7. The summed E-state index contributed by atoms with van der Waals surface area (Å²) in [6, 6.07) is 6.74. The molecule has 1 atom stereocenters. The fourth-order valence-corrected chi connectivity index (χ4v) is 1.74. The van der Waals surface area contributed by atoms with Crippen LogP contribution in [0, 0.1) is 0 Å². The zero-order chi connectivity index (χ0) is 13.5. The second-order valence-corrected chi connectivity index (χ2v) is 4.78. The molecule has 0 bridgehead atoms. The summed E-state index contributed by atoms with van der Waals surface area (Å²) in [5, 5.41) is 3.01. The van der Waals surface area contributed by atoms with Crippen LogP contribution >= 0.6 is 15.9 Å². The lowest BCUT2D eigenvalue weighted by molar-refractivity contribution is -0.145. The van der Waals surface area contributed by atoms with Gasteiger partial charge in [-0.15, -0.1) is 0 Å². The predicted octanol–water partition coefficient (Wildman–Crippen LogP) is 2.77. The Kier molecular flexibility index (Phi) is 5.85. The summed E-state index contributed by atoms with van der Waals surface area (Å²) in [7, 11) is 0. The van der Waals surface area contributed by atoms with E-state index in [2.05, 4.69) is 21.2 Å². The van der Waals surface area contributed by atoms with Gasteiger partial charge >= 0.3 is 5.97 Å². The normalized spacial score (nSPS) is 11.7. The largest absolute Gasteiger partial charge is 0.464 e. The van der Waals surface area contributed by atoms with Crippen molar-refractivity contribution in [2.45, 2.75) is 26.3 Å². The third kappa shape index (κ3) is 4.87. The first kappa shape index (κ1) is 14.7. The first-order valence-corrected chi connectivity index (χ1v) is 6.50. The summed E-state index contributed by atoms with van der Waals surface area (Å²) in [6.45, 7) is 3.49. The molecule has 0 aliphatic rings. The minimum Gasteiger partial charge on any atom is -0.464 e. The number of hydrogen-bond acceptors (Lipinski definition) is 4. The van der Waals surface area contributed by atoms with Gasteiger partial charge in [-0.25, -0.2) is 4.79 Å². The lowest BCUT2D eigenvalue weighted by atomic mass is 10.1. The second-order valence-electron chi connectivity index (χ2n) is 3.86. The Morgan fingerprint density at radius 3 is 2.44 bits per heavy atom. The summed E-state index contributed by atoms with van der Waals surface area (Å²) in [5.41, 5.74) is 0.775. The third-order valence-electron chi connectivity index (χ3n) is 2.25. The number of esters is 1. The molecule has 1 aromatic carbocycles. The summed E-state index contributed by atoms with van der Waals surface area (Å²) >= 11 is 3.33. The number of anilines is 1. The first-order valence-electron chi connectivity index (χ1n) is 5.71. The Morgan fingerprint density at radius 2 is 1.94 bits per heavy atom. The minimum atomic E-state index is -0.636. The standard InChI is InChI=1S/C13H16BrNO3/c1-3-18-13(17)12(8-9(2)16)15-11-6-4-10(14)5-7-11/h4-7,12,15H,3,8H2,1-2H3. The number of nitrogens with one attached hydrogen (secondary N) is 1. The number of ether oxygens (including phenoxy) is 1. The zero-order valence-electron chi connectivity index (χ0n) is 10.4. The van der Waals surface area contributed by atoms with Crippen LogP contribution in [0.15, 0.2) is 28.7 Å². The maximum absolute atomic E-state index is 11.7. The molecule has 0 radical (unpaired) electrons. The fourth-order valence-electron chi connectivity index (χ4n) is 1.47. The Hall–Kier alpha value is -1.36. The van der Waals surface area contributed by atoms with Gasteiger partial charge in [-0.2, -0.15) is 0 Å². The fraction of sp³-hybridized carbons (Fsp3) is 0.385. The van der Waals surface area contributed by atoms with Crippen LogP contribution in [0.5, 0.6) is 0 Å². The number of hydrogen-bond donors (Lipinski definition) is 1. The van der Waals surface area contributed by atoms with E-state index in [0.29, 0.717) is 6.61 Å². The Bertz CT molecular complexity index is 417. The molecule has 0 aliphatic carbocycles. The molecular formula is C13H16BrNO3. The van der Waals surface area contributed by atoms with Gasteiger partial charge in [-0.05, 0) is 38.1 Å². The van der Waals surface area contributed by atoms with E-state index in [1.165, 1.54) is 6.92 Å². The average Bonchev–Trinajstić information content (AvgIpc) is 2.31. The second kappa shape index (κ2) is 7.16. The predicted molar refractivity (Wildman–Crippen MR) is 73.5 cm³/mol. The van der Waals surface area contributed by atoms with Gasteiger partial charge < -0.3 is 10.1 Å². The van der Waals surface area contributed by atoms with Gasteiger partial charge in [0.05, 0.1) is 6.61 Å². The molecule has 0 aromatic heterocycles. The summed E-state index contributed by atoms with van der Waals surface area (Å²) < 4.78 is 5.89. The lowest BCUT2D eigenvalue weighted by Gasteiger charge is -2.17. The van der Waals surface area contributed by atoms with Crippen molar-refractivity contribution in [1.29, 1.82) is 0 Å². The number of carbonyl (C=O) groups excluding carboxylic acids is 2. The van der Waals surface area contributed by atoms with Crippen LogP contribution in [0.25, 0.3) is 0 Å². The molecule has 1 rings (SSSR count). The van der Waals surface area contributed by atoms with E-state index >= 15 is 0 Å². The van der Waals surface area contributed by atoms with Gasteiger partial charge in [0, 0.05) is 16.6 Å². The quantitative estimate of drug-likeness (QED) is 0.820. The molecule has 0 amide bonds. The number of halogens is 1. The van der Waals surface area contributed by atoms with E-state index in [1.54, 1.807) is 6.92 Å². The van der Waals surface area contributed by atoms with Crippen LogP contribution in [0.4, 0.5) is 5.69 Å². The highest BCUT2D eigenvalue weighted by Gasteiger charge is 2.21. The molecule has 1 aromatic rings. The van der Waals surface area contributed by atoms with Crippen LogP contribution in [0.2, 0.25) is 0 Å². The van der Waals surface area contributed by atoms with Crippen molar-refractivity contribution in [2.75, 3.05) is 11.9 Å². The number of ketones is 1. The summed E-state index contributed by atoms with van der Waals surface area (Å²) in [5.74, 6) is -0.465. The van der Waals surface area contributed by atoms with Crippen molar-refractivity contribution in [3.05, 3.63) is 28.7 Å². The summed E-state index contributed by atoms with van der Waals surface area (Å²) in [6.07, 6.45) is 0.120. The van der Waals surface area contributed by atoms with Gasteiger partial charge in [0.2, 0.25) is 0 Å². The number of rotatable bonds is 6. The molecule has 0 fully saturated rings. The third-order valence-corrected chi connectivity index (χ3v) is 2.78. The van der Waals surface area contributed by atoms with E-state index in [-0.39, 0.29) is 12.2 Å². The van der Waals surface area contributed by atoms with E-state index < -0.39 is 12.0 Å². The molecule has 18 heavy (non-hydrogen) atoms. The maximum Gasteiger partial charge on any atom is 0.329 e. The molecule has 0 spiro atoms. The molecule has 0 aliphatic heterocycles. The number of benzene rings is 1. The van der Waals surface area contributed by atoms with Crippen molar-refractivity contribution in [1.82, 2.24) is 0 Å². The van der Waals surface area contributed by atoms with Crippen molar-refractivity contribution in [3.8, 4) is 0 Å². The monoisotopic (exact) mass is 313 g/mol. The van der Waals surface area contributed by atoms with Crippen LogP contribution in [0.1, 0.15) is 20.3 Å². The Balaban J connectivity index is 2.74. The van der Waals surface area contributed by atoms with Crippen molar-refractivity contribution in [2.24, 2.45) is 0 Å².